The van der Waals surface area contributed by atoms with E-state index in [1.807, 2.05) is 49.0 Å². The maximum atomic E-state index is 12.3. The highest BCUT2D eigenvalue weighted by molar-refractivity contribution is 7.99. The SMILES string of the molecule is COCCn1c(SCC(=O)Nc2ccc(C)cc2)nnc1-c1cn(C)nc1OC. The van der Waals surface area contributed by atoms with Crippen LogP contribution in [0, 0.1) is 6.92 Å². The third-order valence-corrected chi connectivity index (χ3v) is 5.10. The fourth-order valence-electron chi connectivity index (χ4n) is 2.72. The van der Waals surface area contributed by atoms with E-state index in [2.05, 4.69) is 20.6 Å². The summed E-state index contributed by atoms with van der Waals surface area (Å²) in [6.07, 6.45) is 1.82. The Morgan fingerprint density at radius 1 is 1.21 bits per heavy atom. The van der Waals surface area contributed by atoms with Crippen LogP contribution in [-0.2, 0) is 23.1 Å². The number of amides is 1. The van der Waals surface area contributed by atoms with Gasteiger partial charge in [0.1, 0.15) is 5.56 Å². The minimum atomic E-state index is -0.111. The molecular formula is C19H24N6O3S. The Morgan fingerprint density at radius 2 is 1.97 bits per heavy atom. The van der Waals surface area contributed by atoms with E-state index in [-0.39, 0.29) is 11.7 Å². The predicted octanol–water partition coefficient (Wildman–Crippen LogP) is 2.37. The molecule has 0 spiro atoms. The lowest BCUT2D eigenvalue weighted by Crippen LogP contribution is -2.15. The van der Waals surface area contributed by atoms with Crippen molar-refractivity contribution in [3.05, 3.63) is 36.0 Å². The van der Waals surface area contributed by atoms with E-state index in [1.165, 1.54) is 11.8 Å². The molecule has 0 aliphatic carbocycles. The number of hydrogen-bond acceptors (Lipinski definition) is 7. The summed E-state index contributed by atoms with van der Waals surface area (Å²) in [5, 5.41) is 16.4. The summed E-state index contributed by atoms with van der Waals surface area (Å²) in [4.78, 5) is 12.3. The molecule has 154 valence electrons. The molecule has 1 N–H and O–H groups in total. The van der Waals surface area contributed by atoms with E-state index in [4.69, 9.17) is 9.47 Å². The second-order valence-corrected chi connectivity index (χ2v) is 7.32. The molecular weight excluding hydrogens is 392 g/mol. The molecule has 9 nitrogen and oxygen atoms in total. The molecule has 2 heterocycles. The zero-order chi connectivity index (χ0) is 20.8. The number of nitrogens with zero attached hydrogens (tertiary/aromatic N) is 5. The normalized spacial score (nSPS) is 10.9. The second-order valence-electron chi connectivity index (χ2n) is 6.38. The molecule has 1 amide bonds. The van der Waals surface area contributed by atoms with Gasteiger partial charge in [-0.3, -0.25) is 14.0 Å². The van der Waals surface area contributed by atoms with Crippen molar-refractivity contribution in [2.75, 3.05) is 31.9 Å². The first kappa shape index (κ1) is 20.9. The molecule has 3 rings (SSSR count). The Bertz CT molecular complexity index is 967. The van der Waals surface area contributed by atoms with E-state index < -0.39 is 0 Å². The molecule has 1 aromatic carbocycles. The van der Waals surface area contributed by atoms with Crippen LogP contribution < -0.4 is 10.1 Å². The quantitative estimate of drug-likeness (QED) is 0.535. The Kier molecular flexibility index (Phi) is 6.89. The van der Waals surface area contributed by atoms with Crippen LogP contribution in [0.2, 0.25) is 0 Å². The van der Waals surface area contributed by atoms with Crippen molar-refractivity contribution in [1.29, 1.82) is 0 Å². The number of aryl methyl sites for hydroxylation is 2. The fraction of sp³-hybridized carbons (Fsp3) is 0.368. The maximum Gasteiger partial charge on any atom is 0.243 e. The number of rotatable bonds is 9. The molecule has 0 aliphatic rings. The Hall–Kier alpha value is -2.85. The lowest BCUT2D eigenvalue weighted by atomic mass is 10.2. The minimum absolute atomic E-state index is 0.111. The van der Waals surface area contributed by atoms with E-state index in [0.717, 1.165) is 16.8 Å². The smallest absolute Gasteiger partial charge is 0.243 e. The first-order valence-corrected chi connectivity index (χ1v) is 10.00. The number of thioether (sulfide) groups is 1. The van der Waals surface area contributed by atoms with E-state index >= 15 is 0 Å². The lowest BCUT2D eigenvalue weighted by molar-refractivity contribution is -0.113. The van der Waals surface area contributed by atoms with Crippen LogP contribution >= 0.6 is 11.8 Å². The number of nitrogens with one attached hydrogen (secondary N) is 1. The third-order valence-electron chi connectivity index (χ3n) is 4.13. The standard InChI is InChI=1S/C19H24N6O3S/c1-13-5-7-14(8-6-13)20-16(26)12-29-19-22-21-17(25(19)9-10-27-3)15-11-24(2)23-18(15)28-4/h5-8,11H,9-10,12H2,1-4H3,(H,20,26). The van der Waals surface area contributed by atoms with Crippen LogP contribution in [0.4, 0.5) is 5.69 Å². The van der Waals surface area contributed by atoms with Crippen molar-refractivity contribution >= 4 is 23.4 Å². The summed E-state index contributed by atoms with van der Waals surface area (Å²) < 4.78 is 14.1. The van der Waals surface area contributed by atoms with Crippen molar-refractivity contribution < 1.29 is 14.3 Å². The number of carbonyl (C=O) groups is 1. The summed E-state index contributed by atoms with van der Waals surface area (Å²) >= 11 is 1.32. The molecule has 0 aliphatic heterocycles. The Labute approximate surface area is 173 Å². The van der Waals surface area contributed by atoms with Crippen LogP contribution in [0.3, 0.4) is 0 Å². The molecule has 3 aromatic rings. The van der Waals surface area contributed by atoms with Gasteiger partial charge in [0.2, 0.25) is 11.8 Å². The van der Waals surface area contributed by atoms with Gasteiger partial charge in [0.15, 0.2) is 11.0 Å². The molecule has 0 fully saturated rings. The summed E-state index contributed by atoms with van der Waals surface area (Å²) in [5.41, 5.74) is 2.64. The van der Waals surface area contributed by atoms with Gasteiger partial charge < -0.3 is 14.8 Å². The van der Waals surface area contributed by atoms with Gasteiger partial charge in [-0.15, -0.1) is 15.3 Å². The van der Waals surface area contributed by atoms with Gasteiger partial charge in [0, 0.05) is 26.0 Å². The van der Waals surface area contributed by atoms with Crippen molar-refractivity contribution in [3.8, 4) is 17.3 Å². The van der Waals surface area contributed by atoms with Crippen molar-refractivity contribution in [2.45, 2.75) is 18.6 Å². The van der Waals surface area contributed by atoms with Gasteiger partial charge >= 0.3 is 0 Å². The average molecular weight is 417 g/mol. The fourth-order valence-corrected chi connectivity index (χ4v) is 3.48. The second kappa shape index (κ2) is 9.57. The average Bonchev–Trinajstić information content (AvgIpc) is 3.28. The van der Waals surface area contributed by atoms with Crippen molar-refractivity contribution in [3.63, 3.8) is 0 Å². The van der Waals surface area contributed by atoms with E-state index in [1.54, 1.807) is 18.9 Å². The van der Waals surface area contributed by atoms with E-state index in [9.17, 15) is 4.79 Å². The largest absolute Gasteiger partial charge is 0.479 e. The monoisotopic (exact) mass is 416 g/mol. The van der Waals surface area contributed by atoms with Crippen LogP contribution in [0.5, 0.6) is 5.88 Å². The molecule has 0 saturated heterocycles. The lowest BCUT2D eigenvalue weighted by Gasteiger charge is -2.09. The highest BCUT2D eigenvalue weighted by atomic mass is 32.2. The number of aromatic nitrogens is 5. The molecule has 0 radical (unpaired) electrons. The maximum absolute atomic E-state index is 12.3. The Morgan fingerprint density at radius 3 is 2.66 bits per heavy atom. The predicted molar refractivity (Wildman–Crippen MR) is 111 cm³/mol. The number of hydrogen-bond donors (Lipinski definition) is 1. The summed E-state index contributed by atoms with van der Waals surface area (Å²) in [6.45, 7) is 3.03. The first-order valence-electron chi connectivity index (χ1n) is 9.01. The van der Waals surface area contributed by atoms with E-state index in [0.29, 0.717) is 30.0 Å². The molecule has 0 saturated carbocycles. The van der Waals surface area contributed by atoms with Crippen LogP contribution in [0.1, 0.15) is 5.56 Å². The number of anilines is 1. The first-order chi connectivity index (χ1) is 14.0. The molecule has 29 heavy (non-hydrogen) atoms. The highest BCUT2D eigenvalue weighted by Gasteiger charge is 2.20. The molecule has 0 unspecified atom stereocenters. The highest BCUT2D eigenvalue weighted by Crippen LogP contribution is 2.30. The van der Waals surface area contributed by atoms with Gasteiger partial charge in [-0.2, -0.15) is 0 Å². The zero-order valence-electron chi connectivity index (χ0n) is 16.9. The van der Waals surface area contributed by atoms with Gasteiger partial charge in [-0.25, -0.2) is 0 Å². The van der Waals surface area contributed by atoms with Crippen molar-refractivity contribution in [2.24, 2.45) is 7.05 Å². The summed E-state index contributed by atoms with van der Waals surface area (Å²) in [5.74, 6) is 1.18. The summed E-state index contributed by atoms with van der Waals surface area (Å²) in [7, 11) is 5.01. The topological polar surface area (TPSA) is 96.1 Å². The molecule has 2 aromatic heterocycles. The molecule has 10 heteroatoms. The van der Waals surface area contributed by atoms with Gasteiger partial charge in [-0.1, -0.05) is 29.5 Å². The van der Waals surface area contributed by atoms with Gasteiger partial charge in [0.05, 0.1) is 26.0 Å². The molecule has 0 bridgehead atoms. The Balaban J connectivity index is 1.75. The number of carbonyl (C=O) groups excluding carboxylic acids is 1. The number of benzene rings is 1. The van der Waals surface area contributed by atoms with Gasteiger partial charge in [0.25, 0.3) is 0 Å². The van der Waals surface area contributed by atoms with Crippen LogP contribution in [0.25, 0.3) is 11.4 Å². The van der Waals surface area contributed by atoms with Crippen LogP contribution in [0.15, 0.2) is 35.6 Å². The minimum Gasteiger partial charge on any atom is -0.479 e. The van der Waals surface area contributed by atoms with Crippen LogP contribution in [-0.4, -0.2) is 57.0 Å². The number of methoxy groups -OCH3 is 2. The molecule has 0 atom stereocenters. The van der Waals surface area contributed by atoms with Gasteiger partial charge in [-0.05, 0) is 19.1 Å². The van der Waals surface area contributed by atoms with Crippen molar-refractivity contribution in [1.82, 2.24) is 24.5 Å². The zero-order valence-corrected chi connectivity index (χ0v) is 17.7. The third kappa shape index (κ3) is 5.15. The number of ether oxygens (including phenoxy) is 2. The summed E-state index contributed by atoms with van der Waals surface area (Å²) in [6, 6.07) is 7.67.